The van der Waals surface area contributed by atoms with Crippen molar-refractivity contribution in [1.29, 1.82) is 0 Å². The zero-order valence-electron chi connectivity index (χ0n) is 18.7. The van der Waals surface area contributed by atoms with Crippen molar-refractivity contribution in [2.45, 2.75) is 26.0 Å². The highest BCUT2D eigenvalue weighted by atomic mass is 16.5. The van der Waals surface area contributed by atoms with Gasteiger partial charge >= 0.3 is 0 Å². The van der Waals surface area contributed by atoms with Crippen LogP contribution in [0.2, 0.25) is 0 Å². The second-order valence-electron chi connectivity index (χ2n) is 7.54. The Kier molecular flexibility index (Phi) is 7.29. The van der Waals surface area contributed by atoms with Gasteiger partial charge in [0.15, 0.2) is 11.9 Å². The molecule has 0 radical (unpaired) electrons. The standard InChI is InChI=1S/C23H28N4O5/c1-15-14-26(23(30)17-8-6-5-7-9-17)12-13-27(15)22(29)16(2)32-19-11-10-18(20(28)24-3)25-21(19)31-4/h5-11,15-16H,12-14H2,1-4H3,(H,24,28). The minimum atomic E-state index is -0.796. The first kappa shape index (κ1) is 23.1. The molecular formula is C23H28N4O5. The van der Waals surface area contributed by atoms with E-state index in [1.54, 1.807) is 34.9 Å². The Morgan fingerprint density at radius 3 is 2.47 bits per heavy atom. The molecule has 32 heavy (non-hydrogen) atoms. The largest absolute Gasteiger partial charge is 0.478 e. The number of nitrogens with zero attached hydrogens (tertiary/aromatic N) is 3. The van der Waals surface area contributed by atoms with Crippen LogP contribution < -0.4 is 14.8 Å². The van der Waals surface area contributed by atoms with Crippen LogP contribution in [0.25, 0.3) is 0 Å². The Labute approximate surface area is 187 Å². The van der Waals surface area contributed by atoms with Gasteiger partial charge in [0.25, 0.3) is 23.6 Å². The molecule has 1 saturated heterocycles. The van der Waals surface area contributed by atoms with Crippen molar-refractivity contribution in [1.82, 2.24) is 20.1 Å². The van der Waals surface area contributed by atoms with Crippen molar-refractivity contribution < 1.29 is 23.9 Å². The summed E-state index contributed by atoms with van der Waals surface area (Å²) in [7, 11) is 2.93. The lowest BCUT2D eigenvalue weighted by molar-refractivity contribution is -0.142. The minimum absolute atomic E-state index is 0.0409. The normalized spacial score (nSPS) is 16.8. The number of methoxy groups -OCH3 is 1. The molecule has 2 heterocycles. The number of carbonyl (C=O) groups is 3. The highest BCUT2D eigenvalue weighted by Gasteiger charge is 2.33. The Hall–Kier alpha value is -3.62. The number of rotatable bonds is 6. The van der Waals surface area contributed by atoms with Gasteiger partial charge in [0.05, 0.1) is 7.11 Å². The lowest BCUT2D eigenvalue weighted by Gasteiger charge is -2.40. The molecule has 0 aliphatic carbocycles. The lowest BCUT2D eigenvalue weighted by atomic mass is 10.1. The molecule has 9 nitrogen and oxygen atoms in total. The van der Waals surface area contributed by atoms with Crippen LogP contribution in [0.4, 0.5) is 0 Å². The fourth-order valence-corrected chi connectivity index (χ4v) is 3.63. The van der Waals surface area contributed by atoms with Gasteiger partial charge in [-0.15, -0.1) is 0 Å². The van der Waals surface area contributed by atoms with Gasteiger partial charge in [-0.1, -0.05) is 18.2 Å². The highest BCUT2D eigenvalue weighted by Crippen LogP contribution is 2.26. The third kappa shape index (κ3) is 4.99. The van der Waals surface area contributed by atoms with Crippen LogP contribution in [0.5, 0.6) is 11.6 Å². The number of carbonyl (C=O) groups excluding carboxylic acids is 3. The number of nitrogens with one attached hydrogen (secondary N) is 1. The monoisotopic (exact) mass is 440 g/mol. The van der Waals surface area contributed by atoms with Gasteiger partial charge in [0.1, 0.15) is 5.69 Å². The number of ether oxygens (including phenoxy) is 2. The van der Waals surface area contributed by atoms with Crippen molar-refractivity contribution in [2.24, 2.45) is 0 Å². The number of benzene rings is 1. The minimum Gasteiger partial charge on any atom is -0.478 e. The number of amides is 3. The summed E-state index contributed by atoms with van der Waals surface area (Å²) >= 11 is 0. The molecule has 1 aliphatic rings. The first-order chi connectivity index (χ1) is 15.3. The van der Waals surface area contributed by atoms with Crippen LogP contribution in [0.15, 0.2) is 42.5 Å². The average Bonchev–Trinajstić information content (AvgIpc) is 2.83. The van der Waals surface area contributed by atoms with Gasteiger partial charge in [-0.25, -0.2) is 4.98 Å². The maximum absolute atomic E-state index is 13.1. The van der Waals surface area contributed by atoms with E-state index in [1.165, 1.54) is 20.2 Å². The summed E-state index contributed by atoms with van der Waals surface area (Å²) in [5, 5.41) is 2.49. The molecule has 1 fully saturated rings. The van der Waals surface area contributed by atoms with E-state index in [2.05, 4.69) is 10.3 Å². The SMILES string of the molecule is CNC(=O)c1ccc(OC(C)C(=O)N2CCN(C(=O)c3ccccc3)CC2C)c(OC)n1. The molecule has 2 atom stereocenters. The zero-order chi connectivity index (χ0) is 23.3. The average molecular weight is 441 g/mol. The van der Waals surface area contributed by atoms with Crippen LogP contribution in [-0.2, 0) is 4.79 Å². The Morgan fingerprint density at radius 1 is 1.12 bits per heavy atom. The number of hydrogen-bond donors (Lipinski definition) is 1. The second-order valence-corrected chi connectivity index (χ2v) is 7.54. The summed E-state index contributed by atoms with van der Waals surface area (Å²) in [5.74, 6) is -0.193. The summed E-state index contributed by atoms with van der Waals surface area (Å²) in [6, 6.07) is 12.0. The molecule has 9 heteroatoms. The summed E-state index contributed by atoms with van der Waals surface area (Å²) < 4.78 is 11.0. The fourth-order valence-electron chi connectivity index (χ4n) is 3.63. The number of aromatic nitrogens is 1. The Morgan fingerprint density at radius 2 is 1.84 bits per heavy atom. The summed E-state index contributed by atoms with van der Waals surface area (Å²) in [6.07, 6.45) is -0.796. The van der Waals surface area contributed by atoms with Crippen molar-refractivity contribution in [2.75, 3.05) is 33.8 Å². The quantitative estimate of drug-likeness (QED) is 0.732. The molecule has 0 bridgehead atoms. The van der Waals surface area contributed by atoms with E-state index in [0.717, 1.165) is 0 Å². The highest BCUT2D eigenvalue weighted by molar-refractivity contribution is 5.94. The Bertz CT molecular complexity index is 982. The van der Waals surface area contributed by atoms with Gasteiger partial charge in [0.2, 0.25) is 0 Å². The number of hydrogen-bond acceptors (Lipinski definition) is 6. The molecule has 1 aromatic heterocycles. The van der Waals surface area contributed by atoms with Crippen LogP contribution in [0.3, 0.4) is 0 Å². The molecular weight excluding hydrogens is 412 g/mol. The van der Waals surface area contributed by atoms with Crippen LogP contribution in [0.1, 0.15) is 34.7 Å². The predicted molar refractivity (Wildman–Crippen MR) is 118 cm³/mol. The zero-order valence-corrected chi connectivity index (χ0v) is 18.7. The van der Waals surface area contributed by atoms with Crippen molar-refractivity contribution in [3.63, 3.8) is 0 Å². The van der Waals surface area contributed by atoms with Crippen LogP contribution in [-0.4, -0.2) is 78.4 Å². The maximum Gasteiger partial charge on any atom is 0.269 e. The molecule has 3 rings (SSSR count). The van der Waals surface area contributed by atoms with E-state index < -0.39 is 6.10 Å². The molecule has 0 spiro atoms. The van der Waals surface area contributed by atoms with Crippen molar-refractivity contribution in [3.8, 4) is 11.6 Å². The van der Waals surface area contributed by atoms with Gasteiger partial charge < -0.3 is 24.6 Å². The molecule has 0 saturated carbocycles. The molecule has 1 aromatic carbocycles. The summed E-state index contributed by atoms with van der Waals surface area (Å²) in [4.78, 5) is 45.2. The molecule has 1 aliphatic heterocycles. The topological polar surface area (TPSA) is 101 Å². The fraction of sp³-hybridized carbons (Fsp3) is 0.391. The van der Waals surface area contributed by atoms with Gasteiger partial charge in [-0.2, -0.15) is 0 Å². The predicted octanol–water partition coefficient (Wildman–Crippen LogP) is 1.59. The van der Waals surface area contributed by atoms with Gasteiger partial charge in [-0.3, -0.25) is 14.4 Å². The first-order valence-electron chi connectivity index (χ1n) is 10.4. The van der Waals surface area contributed by atoms with Crippen LogP contribution >= 0.6 is 0 Å². The molecule has 170 valence electrons. The lowest BCUT2D eigenvalue weighted by Crippen LogP contribution is -2.57. The molecule has 2 aromatic rings. The van der Waals surface area contributed by atoms with Gasteiger partial charge in [0, 0.05) is 38.3 Å². The molecule has 2 unspecified atom stereocenters. The van der Waals surface area contributed by atoms with E-state index in [0.29, 0.717) is 25.2 Å². The second kappa shape index (κ2) is 10.1. The van der Waals surface area contributed by atoms with E-state index >= 15 is 0 Å². The smallest absolute Gasteiger partial charge is 0.269 e. The maximum atomic E-state index is 13.1. The van der Waals surface area contributed by atoms with Crippen molar-refractivity contribution >= 4 is 17.7 Å². The summed E-state index contributed by atoms with van der Waals surface area (Å²) in [5.41, 5.74) is 0.819. The van der Waals surface area contributed by atoms with Crippen molar-refractivity contribution in [3.05, 3.63) is 53.7 Å². The van der Waals surface area contributed by atoms with Gasteiger partial charge in [-0.05, 0) is 38.1 Å². The number of pyridine rings is 1. The van der Waals surface area contributed by atoms with Crippen LogP contribution in [0, 0.1) is 0 Å². The molecule has 1 N–H and O–H groups in total. The third-order valence-corrected chi connectivity index (χ3v) is 5.35. The first-order valence-corrected chi connectivity index (χ1v) is 10.4. The molecule has 3 amide bonds. The Balaban J connectivity index is 1.64. The van der Waals surface area contributed by atoms with E-state index in [9.17, 15) is 14.4 Å². The number of piperazine rings is 1. The summed E-state index contributed by atoms with van der Waals surface area (Å²) in [6.45, 7) is 4.87. The third-order valence-electron chi connectivity index (χ3n) is 5.35. The van der Waals surface area contributed by atoms with E-state index in [-0.39, 0.29) is 41.1 Å². The van der Waals surface area contributed by atoms with E-state index in [1.807, 2.05) is 25.1 Å². The van der Waals surface area contributed by atoms with E-state index in [4.69, 9.17) is 9.47 Å².